The molecule has 0 spiro atoms. The van der Waals surface area contributed by atoms with Gasteiger partial charge in [-0.2, -0.15) is 5.26 Å². The van der Waals surface area contributed by atoms with Gasteiger partial charge in [0.15, 0.2) is 10.1 Å². The van der Waals surface area contributed by atoms with Crippen LogP contribution in [0, 0.1) is 23.3 Å². The van der Waals surface area contributed by atoms with Crippen molar-refractivity contribution < 1.29 is 39.0 Å². The predicted octanol–water partition coefficient (Wildman–Crippen LogP) is 12.7. The van der Waals surface area contributed by atoms with Crippen molar-refractivity contribution in [2.24, 2.45) is 5.41 Å². The van der Waals surface area contributed by atoms with Gasteiger partial charge in [-0.1, -0.05) is 22.7 Å². The molecule has 1 aliphatic rings. The number of nitriles is 1. The molecular weight excluding hydrogens is 928 g/mol. The first-order valence-corrected chi connectivity index (χ1v) is 24.8. The van der Waals surface area contributed by atoms with E-state index >= 15 is 0 Å². The SMILES string of the molecule is CC(C)(C)C#N.CC(C)(O)C(=O)c1cc2sc(O)cc2s1.COB(OC)c1cc2sccc2s1.[C-]#[N+]C1=C(c2cc3sc(O)cc3s2)C(C)(C)OC1=O.c1cc2sccc2s1. The molecule has 0 bridgehead atoms. The fourth-order valence-electron chi connectivity index (χ4n) is 5.34. The van der Waals surface area contributed by atoms with Crippen molar-refractivity contribution in [2.75, 3.05) is 14.2 Å². The zero-order valence-electron chi connectivity index (χ0n) is 34.5. The van der Waals surface area contributed by atoms with Crippen LogP contribution < -0.4 is 4.78 Å². The second-order valence-electron chi connectivity index (χ2n) is 15.0. The number of esters is 1. The monoisotopic (exact) mass is 968 g/mol. The Morgan fingerprint density at radius 3 is 1.72 bits per heavy atom. The third kappa shape index (κ3) is 12.2. The smallest absolute Gasteiger partial charge is 0.499 e. The largest absolute Gasteiger partial charge is 0.504 e. The molecule has 318 valence electrons. The number of aromatic hydroxyl groups is 2. The summed E-state index contributed by atoms with van der Waals surface area (Å²) in [6, 6.07) is 17.6. The summed E-state index contributed by atoms with van der Waals surface area (Å²) in [5.41, 5.74) is -1.58. The Balaban J connectivity index is 0.000000152. The Morgan fingerprint density at radius 1 is 0.770 bits per heavy atom. The van der Waals surface area contributed by atoms with E-state index < -0.39 is 17.2 Å². The van der Waals surface area contributed by atoms with E-state index in [2.05, 4.69) is 51.3 Å². The second-order valence-corrected chi connectivity index (χ2v) is 23.3. The molecule has 0 aromatic carbocycles. The van der Waals surface area contributed by atoms with Gasteiger partial charge in [0.05, 0.1) is 17.5 Å². The van der Waals surface area contributed by atoms with Gasteiger partial charge in [0.25, 0.3) is 5.70 Å². The first-order valence-electron chi connectivity index (χ1n) is 18.1. The van der Waals surface area contributed by atoms with Crippen molar-refractivity contribution in [1.29, 1.82) is 5.26 Å². The van der Waals surface area contributed by atoms with Crippen LogP contribution in [0.1, 0.15) is 63.0 Å². The second kappa shape index (κ2) is 20.0. The molecule has 9 rings (SSSR count). The maximum absolute atomic E-state index is 11.7. The van der Waals surface area contributed by atoms with Crippen LogP contribution in [0.5, 0.6) is 10.1 Å². The minimum absolute atomic E-state index is 0.0584. The molecular formula is C42H41BN2O8S8. The van der Waals surface area contributed by atoms with E-state index in [4.69, 9.17) is 25.9 Å². The maximum atomic E-state index is 11.7. The minimum atomic E-state index is -1.34. The van der Waals surface area contributed by atoms with E-state index in [1.54, 1.807) is 91.6 Å². The molecule has 0 saturated heterocycles. The molecule has 10 nitrogen and oxygen atoms in total. The van der Waals surface area contributed by atoms with Gasteiger partial charge in [-0.25, -0.2) is 4.85 Å². The van der Waals surface area contributed by atoms with Gasteiger partial charge in [-0.3, -0.25) is 9.59 Å². The van der Waals surface area contributed by atoms with Crippen molar-refractivity contribution in [3.8, 4) is 16.2 Å². The average Bonchev–Trinajstić information content (AvgIpc) is 4.01. The minimum Gasteiger partial charge on any atom is -0.499 e. The highest BCUT2D eigenvalue weighted by atomic mass is 32.1. The topological polar surface area (TPSA) is 151 Å². The molecule has 0 atom stereocenters. The summed E-state index contributed by atoms with van der Waals surface area (Å²) in [6.07, 6.45) is 0. The lowest BCUT2D eigenvalue weighted by Crippen LogP contribution is -2.32. The van der Waals surface area contributed by atoms with Crippen molar-refractivity contribution in [2.45, 2.75) is 59.7 Å². The molecule has 0 aliphatic carbocycles. The summed E-state index contributed by atoms with van der Waals surface area (Å²) in [5, 5.41) is 43.2. The summed E-state index contributed by atoms with van der Waals surface area (Å²) < 4.78 is 25.8. The number of ether oxygens (including phenoxy) is 1. The first kappa shape index (κ1) is 48.1. The maximum Gasteiger partial charge on any atom is 0.504 e. The van der Waals surface area contributed by atoms with Gasteiger partial charge in [-0.15, -0.1) is 68.0 Å². The van der Waals surface area contributed by atoms with Gasteiger partial charge in [-0.05, 0) is 101 Å². The molecule has 3 N–H and O–H groups in total. The highest BCUT2D eigenvalue weighted by Gasteiger charge is 2.42. The Hall–Kier alpha value is -3.96. The number of hydrogen-bond donors (Lipinski definition) is 3. The van der Waals surface area contributed by atoms with Crippen molar-refractivity contribution in [3.63, 3.8) is 0 Å². The van der Waals surface area contributed by atoms with Crippen molar-refractivity contribution in [1.82, 2.24) is 0 Å². The fourth-order valence-corrected chi connectivity index (χ4v) is 13.9. The van der Waals surface area contributed by atoms with Crippen molar-refractivity contribution in [3.05, 3.63) is 91.5 Å². The lowest BCUT2D eigenvalue weighted by Gasteiger charge is -2.20. The number of rotatable bonds is 6. The van der Waals surface area contributed by atoms with Crippen molar-refractivity contribution >= 4 is 158 Å². The molecule has 0 unspecified atom stereocenters. The Labute approximate surface area is 385 Å². The molecule has 0 amide bonds. The molecule has 0 fully saturated rings. The summed E-state index contributed by atoms with van der Waals surface area (Å²) in [4.78, 5) is 28.1. The van der Waals surface area contributed by atoms with E-state index in [0.717, 1.165) is 28.5 Å². The Bertz CT molecular complexity index is 2740. The summed E-state index contributed by atoms with van der Waals surface area (Å²) in [6.45, 7) is 19.3. The number of hydrogen-bond acceptors (Lipinski definition) is 17. The molecule has 9 heterocycles. The number of carbonyl (C=O) groups excluding carboxylic acids is 2. The highest BCUT2D eigenvalue weighted by molar-refractivity contribution is 7.33. The van der Waals surface area contributed by atoms with Gasteiger partial charge in [0, 0.05) is 84.6 Å². The van der Waals surface area contributed by atoms with Crippen LogP contribution >= 0.6 is 90.7 Å². The van der Waals surface area contributed by atoms with E-state index in [-0.39, 0.29) is 34.1 Å². The number of thiophene rings is 8. The average molecular weight is 969 g/mol. The first-order chi connectivity index (χ1) is 28.7. The molecule has 8 aromatic heterocycles. The zero-order chi connectivity index (χ0) is 44.9. The van der Waals surface area contributed by atoms with Gasteiger partial charge in [0.2, 0.25) is 5.78 Å². The third-order valence-electron chi connectivity index (χ3n) is 8.13. The Kier molecular flexibility index (Phi) is 15.8. The van der Waals surface area contributed by atoms with Crippen LogP contribution in [0.3, 0.4) is 0 Å². The van der Waals surface area contributed by atoms with Crippen LogP contribution in [0.15, 0.2) is 70.4 Å². The molecule has 0 radical (unpaired) electrons. The number of ketones is 1. The molecule has 1 aliphatic heterocycles. The van der Waals surface area contributed by atoms with E-state index in [1.807, 2.05) is 26.8 Å². The number of nitrogens with zero attached hydrogens (tertiary/aromatic N) is 2. The lowest BCUT2D eigenvalue weighted by molar-refractivity contribution is -0.143. The van der Waals surface area contributed by atoms with Crippen LogP contribution in [-0.4, -0.2) is 59.6 Å². The number of carbonyl (C=O) groups is 2. The standard InChI is InChI=1S/C13H9NO3S2.C10H10O3S2.C8H9BO2S2.C6H4S2.C5H9N/c1-13(2)10(11(14-3)12(16)17-13)8-4-6-7(18-8)5-9(15)19-6;1-10(2,13)9(12)7-3-5-6(14-7)4-8(11)15-5;1-10-9(11-2)8-5-7-6(13-8)3-4-12-7;1-3-7-6-2-4-8-5(1)6;1-5(2,3)4-6/h4-5,15H,1-2H3;3-4,11,13H,1-2H3;3-5H,1-2H3;1-4H;1-3H3. The predicted molar refractivity (Wildman–Crippen MR) is 261 cm³/mol. The molecule has 19 heteroatoms. The normalized spacial score (nSPS) is 13.3. The van der Waals surface area contributed by atoms with Crippen LogP contribution in [-0.2, 0) is 18.8 Å². The highest BCUT2D eigenvalue weighted by Crippen LogP contribution is 2.46. The molecule has 8 aromatic rings. The van der Waals surface area contributed by atoms with Gasteiger partial charge in [0.1, 0.15) is 11.2 Å². The van der Waals surface area contributed by atoms with E-state index in [9.17, 15) is 24.9 Å². The van der Waals surface area contributed by atoms with E-state index in [1.165, 1.54) is 78.0 Å². The molecule has 61 heavy (non-hydrogen) atoms. The van der Waals surface area contributed by atoms with Gasteiger partial charge >= 0.3 is 13.1 Å². The van der Waals surface area contributed by atoms with Crippen LogP contribution in [0.4, 0.5) is 0 Å². The number of Topliss-reactive ketones (excluding diaryl/α,β-unsaturated/α-hetero) is 1. The summed E-state index contributed by atoms with van der Waals surface area (Å²) >= 11 is 12.3. The number of aliphatic hydroxyl groups is 1. The number of fused-ring (bicyclic) bond motifs is 4. The van der Waals surface area contributed by atoms with Gasteiger partial charge < -0.3 is 29.4 Å². The quantitative estimate of drug-likeness (QED) is 0.0640. The number of cyclic esters (lactones) is 1. The van der Waals surface area contributed by atoms with E-state index in [0.29, 0.717) is 10.5 Å². The lowest BCUT2D eigenvalue weighted by atomic mass is 9.88. The zero-order valence-corrected chi connectivity index (χ0v) is 41.0. The van der Waals surface area contributed by atoms with Crippen LogP contribution in [0.25, 0.3) is 48.0 Å². The van der Waals surface area contributed by atoms with Crippen LogP contribution in [0.2, 0.25) is 0 Å². The third-order valence-corrected chi connectivity index (χ3v) is 16.3. The summed E-state index contributed by atoms with van der Waals surface area (Å²) in [5.74, 6) is -0.843. The molecule has 0 saturated carbocycles. The summed E-state index contributed by atoms with van der Waals surface area (Å²) in [7, 11) is 3.09. The Morgan fingerprint density at radius 2 is 1.26 bits per heavy atom. The fraction of sp³-hybridized carbons (Fsp3) is 0.286.